The van der Waals surface area contributed by atoms with E-state index in [4.69, 9.17) is 5.11 Å². The standard InChI is InChI=1S/C7H9F3O3/c8-7(9,10)5-3-1-2-4(13-5)6(11)12/h4-5H,1-3H2,(H,11,12)/t4-,5+/m1/s1. The summed E-state index contributed by atoms with van der Waals surface area (Å²) in [5, 5.41) is 8.43. The van der Waals surface area contributed by atoms with Gasteiger partial charge in [0.15, 0.2) is 12.2 Å². The van der Waals surface area contributed by atoms with Gasteiger partial charge in [0.1, 0.15) is 0 Å². The largest absolute Gasteiger partial charge is 0.479 e. The van der Waals surface area contributed by atoms with Crippen LogP contribution in [-0.2, 0) is 9.53 Å². The van der Waals surface area contributed by atoms with Crippen molar-refractivity contribution >= 4 is 5.97 Å². The van der Waals surface area contributed by atoms with Crippen molar-refractivity contribution in [2.24, 2.45) is 0 Å². The van der Waals surface area contributed by atoms with Gasteiger partial charge >= 0.3 is 12.1 Å². The van der Waals surface area contributed by atoms with E-state index in [-0.39, 0.29) is 19.3 Å². The predicted molar refractivity (Wildman–Crippen MR) is 36.2 cm³/mol. The van der Waals surface area contributed by atoms with Crippen LogP contribution in [0.2, 0.25) is 0 Å². The number of carboxylic acids is 1. The van der Waals surface area contributed by atoms with Gasteiger partial charge in [0.2, 0.25) is 0 Å². The van der Waals surface area contributed by atoms with Gasteiger partial charge in [-0.15, -0.1) is 0 Å². The highest BCUT2D eigenvalue weighted by molar-refractivity contribution is 5.72. The summed E-state index contributed by atoms with van der Waals surface area (Å²) in [5.74, 6) is -1.33. The topological polar surface area (TPSA) is 46.5 Å². The number of halogens is 3. The highest BCUT2D eigenvalue weighted by Crippen LogP contribution is 2.31. The lowest BCUT2D eigenvalue weighted by Gasteiger charge is -2.28. The second-order valence-electron chi connectivity index (χ2n) is 2.92. The molecule has 0 aromatic heterocycles. The van der Waals surface area contributed by atoms with E-state index in [0.29, 0.717) is 0 Å². The van der Waals surface area contributed by atoms with Crippen LogP contribution >= 0.6 is 0 Å². The summed E-state index contributed by atoms with van der Waals surface area (Å²) in [4.78, 5) is 10.3. The fraction of sp³-hybridized carbons (Fsp3) is 0.857. The van der Waals surface area contributed by atoms with Crippen LogP contribution in [0.4, 0.5) is 13.2 Å². The van der Waals surface area contributed by atoms with E-state index in [2.05, 4.69) is 4.74 Å². The van der Waals surface area contributed by atoms with Gasteiger partial charge in [0.05, 0.1) is 0 Å². The molecule has 13 heavy (non-hydrogen) atoms. The minimum absolute atomic E-state index is 0.146. The molecule has 1 N–H and O–H groups in total. The third-order valence-electron chi connectivity index (χ3n) is 1.90. The summed E-state index contributed by atoms with van der Waals surface area (Å²) < 4.78 is 40.6. The smallest absolute Gasteiger partial charge is 0.414 e. The van der Waals surface area contributed by atoms with Crippen LogP contribution in [0.25, 0.3) is 0 Å². The van der Waals surface area contributed by atoms with Crippen LogP contribution in [0.15, 0.2) is 0 Å². The summed E-state index contributed by atoms with van der Waals surface area (Å²) >= 11 is 0. The van der Waals surface area contributed by atoms with Crippen molar-refractivity contribution in [3.63, 3.8) is 0 Å². The van der Waals surface area contributed by atoms with E-state index in [1.54, 1.807) is 0 Å². The highest BCUT2D eigenvalue weighted by atomic mass is 19.4. The predicted octanol–water partition coefficient (Wildman–Crippen LogP) is 1.57. The zero-order valence-electron chi connectivity index (χ0n) is 6.67. The van der Waals surface area contributed by atoms with Crippen molar-refractivity contribution < 1.29 is 27.8 Å². The first-order valence-electron chi connectivity index (χ1n) is 3.86. The van der Waals surface area contributed by atoms with Crippen molar-refractivity contribution in [1.82, 2.24) is 0 Å². The summed E-state index contributed by atoms with van der Waals surface area (Å²) in [6, 6.07) is 0. The van der Waals surface area contributed by atoms with Gasteiger partial charge in [-0.1, -0.05) is 0 Å². The molecule has 76 valence electrons. The maximum absolute atomic E-state index is 12.1. The Labute approximate surface area is 72.5 Å². The van der Waals surface area contributed by atoms with E-state index in [1.807, 2.05) is 0 Å². The molecule has 1 aliphatic rings. The molecule has 2 atom stereocenters. The maximum atomic E-state index is 12.1. The Bertz CT molecular complexity index is 202. The Morgan fingerprint density at radius 3 is 2.46 bits per heavy atom. The van der Waals surface area contributed by atoms with Crippen LogP contribution in [0, 0.1) is 0 Å². The van der Waals surface area contributed by atoms with E-state index in [9.17, 15) is 18.0 Å². The average molecular weight is 198 g/mol. The fourth-order valence-electron chi connectivity index (χ4n) is 1.25. The number of aliphatic carboxylic acids is 1. The first kappa shape index (κ1) is 10.3. The second kappa shape index (κ2) is 3.53. The Kier molecular flexibility index (Phi) is 2.80. The SMILES string of the molecule is O=C(O)[C@H]1CCC[C@@H](C(F)(F)F)O1. The van der Waals surface area contributed by atoms with E-state index in [0.717, 1.165) is 0 Å². The highest BCUT2D eigenvalue weighted by Gasteiger charge is 2.44. The lowest BCUT2D eigenvalue weighted by atomic mass is 10.0. The number of hydrogen-bond donors (Lipinski definition) is 1. The lowest BCUT2D eigenvalue weighted by Crippen LogP contribution is -2.41. The molecule has 1 heterocycles. The van der Waals surface area contributed by atoms with E-state index < -0.39 is 24.4 Å². The number of carbonyl (C=O) groups is 1. The van der Waals surface area contributed by atoms with Gasteiger partial charge in [0.25, 0.3) is 0 Å². The second-order valence-corrected chi connectivity index (χ2v) is 2.92. The Hall–Kier alpha value is -0.780. The monoisotopic (exact) mass is 198 g/mol. The summed E-state index contributed by atoms with van der Waals surface area (Å²) in [6.07, 6.45) is -7.42. The van der Waals surface area contributed by atoms with Gasteiger partial charge in [-0.25, -0.2) is 4.79 Å². The fourth-order valence-corrected chi connectivity index (χ4v) is 1.25. The molecule has 0 radical (unpaired) electrons. The quantitative estimate of drug-likeness (QED) is 0.695. The van der Waals surface area contributed by atoms with E-state index in [1.165, 1.54) is 0 Å². The molecular weight excluding hydrogens is 189 g/mol. The molecule has 0 saturated carbocycles. The molecule has 1 rings (SSSR count). The number of carboxylic acid groups (broad SMARTS) is 1. The van der Waals surface area contributed by atoms with Crippen molar-refractivity contribution in [3.8, 4) is 0 Å². The van der Waals surface area contributed by atoms with E-state index >= 15 is 0 Å². The molecule has 0 aromatic carbocycles. The van der Waals surface area contributed by atoms with Crippen molar-refractivity contribution in [3.05, 3.63) is 0 Å². The molecule has 1 aliphatic heterocycles. The molecule has 6 heteroatoms. The normalized spacial score (nSPS) is 30.1. The minimum atomic E-state index is -4.45. The number of hydrogen-bond acceptors (Lipinski definition) is 2. The lowest BCUT2D eigenvalue weighted by molar-refractivity contribution is -0.245. The van der Waals surface area contributed by atoms with Crippen LogP contribution in [-0.4, -0.2) is 29.5 Å². The molecule has 0 spiro atoms. The third-order valence-corrected chi connectivity index (χ3v) is 1.90. The van der Waals surface area contributed by atoms with Crippen LogP contribution < -0.4 is 0 Å². The molecule has 0 bridgehead atoms. The molecule has 1 saturated heterocycles. The molecule has 0 amide bonds. The summed E-state index contributed by atoms with van der Waals surface area (Å²) in [7, 11) is 0. The van der Waals surface area contributed by atoms with Gasteiger partial charge in [-0.3, -0.25) is 0 Å². The molecule has 0 aliphatic carbocycles. The number of rotatable bonds is 1. The van der Waals surface area contributed by atoms with Crippen LogP contribution in [0.3, 0.4) is 0 Å². The third kappa shape index (κ3) is 2.58. The molecule has 3 nitrogen and oxygen atoms in total. The summed E-state index contributed by atoms with van der Waals surface area (Å²) in [6.45, 7) is 0. The molecule has 1 fully saturated rings. The Balaban J connectivity index is 2.57. The minimum Gasteiger partial charge on any atom is -0.479 e. The average Bonchev–Trinajstić information content (AvgIpc) is 2.03. The Morgan fingerprint density at radius 2 is 2.00 bits per heavy atom. The van der Waals surface area contributed by atoms with Crippen LogP contribution in [0.1, 0.15) is 19.3 Å². The first-order valence-corrected chi connectivity index (χ1v) is 3.86. The molecule has 0 aromatic rings. The van der Waals surface area contributed by atoms with Crippen molar-refractivity contribution in [1.29, 1.82) is 0 Å². The summed E-state index contributed by atoms with van der Waals surface area (Å²) in [5.41, 5.74) is 0. The first-order chi connectivity index (χ1) is 5.91. The molecular formula is C7H9F3O3. The zero-order valence-corrected chi connectivity index (χ0v) is 6.67. The Morgan fingerprint density at radius 1 is 1.38 bits per heavy atom. The number of alkyl halides is 3. The van der Waals surface area contributed by atoms with Gasteiger partial charge in [-0.2, -0.15) is 13.2 Å². The van der Waals surface area contributed by atoms with Gasteiger partial charge < -0.3 is 9.84 Å². The number of ether oxygens (including phenoxy) is 1. The maximum Gasteiger partial charge on any atom is 0.414 e. The van der Waals surface area contributed by atoms with Crippen LogP contribution in [0.5, 0.6) is 0 Å². The molecule has 0 unspecified atom stereocenters. The van der Waals surface area contributed by atoms with Crippen molar-refractivity contribution in [2.45, 2.75) is 37.6 Å². The van der Waals surface area contributed by atoms with Gasteiger partial charge in [-0.05, 0) is 19.3 Å². The van der Waals surface area contributed by atoms with Crippen molar-refractivity contribution in [2.75, 3.05) is 0 Å². The zero-order chi connectivity index (χ0) is 10.1. The van der Waals surface area contributed by atoms with Gasteiger partial charge in [0, 0.05) is 0 Å².